The number of rotatable bonds is 1. The van der Waals surface area contributed by atoms with Gasteiger partial charge in [-0.15, -0.1) is 0 Å². The van der Waals surface area contributed by atoms with Crippen molar-refractivity contribution in [2.24, 2.45) is 5.41 Å². The summed E-state index contributed by atoms with van der Waals surface area (Å²) in [6.45, 7) is 1.39. The second-order valence-corrected chi connectivity index (χ2v) is 3.34. The van der Waals surface area contributed by atoms with E-state index in [9.17, 15) is 5.11 Å². The largest absolute Gasteiger partial charge is 0.394 e. The summed E-state index contributed by atoms with van der Waals surface area (Å²) < 4.78 is 5.21. The summed E-state index contributed by atoms with van der Waals surface area (Å²) in [5.74, 6) is 0. The molecule has 4 atom stereocenters. The Labute approximate surface area is 72.2 Å². The monoisotopic (exact) mass is 169 g/mol. The Morgan fingerprint density at radius 3 is 2.58 bits per heavy atom. The third-order valence-electron chi connectivity index (χ3n) is 2.61. The van der Waals surface area contributed by atoms with Crippen molar-refractivity contribution in [1.29, 1.82) is 5.26 Å². The molecule has 1 unspecified atom stereocenters. The zero-order chi connectivity index (χ0) is 9.35. The molecule has 1 rings (SSSR count). The van der Waals surface area contributed by atoms with Gasteiger partial charge in [0.1, 0.15) is 25.5 Å². The lowest BCUT2D eigenvalue weighted by Gasteiger charge is -2.22. The summed E-state index contributed by atoms with van der Waals surface area (Å²) in [5, 5.41) is 27.2. The van der Waals surface area contributed by atoms with Crippen molar-refractivity contribution in [3.63, 3.8) is 0 Å². The van der Waals surface area contributed by atoms with Gasteiger partial charge in [-0.25, -0.2) is 0 Å². The minimum Gasteiger partial charge on any atom is -0.394 e. The van der Waals surface area contributed by atoms with Gasteiger partial charge in [-0.3, -0.25) is 0 Å². The molecule has 0 saturated carbocycles. The van der Waals surface area contributed by atoms with Gasteiger partial charge in [0.25, 0.3) is 0 Å². The molecule has 1 aliphatic heterocycles. The summed E-state index contributed by atoms with van der Waals surface area (Å²) in [4.78, 5) is 0. The lowest BCUT2D eigenvalue weighted by molar-refractivity contribution is -0.00604. The van der Waals surface area contributed by atoms with E-state index in [4.69, 9.17) is 15.1 Å². The third kappa shape index (κ3) is 1.12. The van der Waals surface area contributed by atoms with E-state index in [-0.39, 0.29) is 12.6 Å². The number of hydrogen-bond acceptors (Lipinski definition) is 4. The van der Waals surface area contributed by atoms with Gasteiger partial charge in [0.15, 0.2) is 0 Å². The van der Waals surface area contributed by atoms with Gasteiger partial charge in [-0.1, -0.05) is 0 Å². The maximum absolute atomic E-state index is 9.57. The van der Waals surface area contributed by atoms with Crippen LogP contribution < -0.4 is 0 Å². The first kappa shape index (κ1) is 9.52. The van der Waals surface area contributed by atoms with E-state index in [1.54, 1.807) is 14.8 Å². The first-order valence-electron chi connectivity index (χ1n) is 3.92. The Hall–Kier alpha value is -0.565. The number of nitriles is 1. The van der Waals surface area contributed by atoms with E-state index in [2.05, 4.69) is 0 Å². The van der Waals surface area contributed by atoms with Gasteiger partial charge in [0, 0.05) is 6.00 Å². The molecule has 0 bridgehead atoms. The average Bonchev–Trinajstić information content (AvgIpc) is 2.30. The van der Waals surface area contributed by atoms with E-state index in [0.717, 1.165) is 0 Å². The van der Waals surface area contributed by atoms with Gasteiger partial charge >= 0.3 is 0 Å². The lowest BCUT2D eigenvalue weighted by Crippen LogP contribution is -2.38. The fraction of sp³-hybridized carbons (Fsp3) is 0.857. The van der Waals surface area contributed by atoms with Gasteiger partial charge in [0.2, 0.25) is 0 Å². The molecule has 12 heavy (non-hydrogen) atoms. The highest BCUT2D eigenvalue weighted by Crippen LogP contribution is 2.36. The molecule has 4 nitrogen and oxygen atoms in total. The van der Waals surface area contributed by atoms with Gasteiger partial charge in [-0.05, 0) is 6.92 Å². The molecule has 1 heterocycles. The lowest BCUT2D eigenvalue weighted by atomic mass is 9.73. The summed E-state index contributed by atoms with van der Waals surface area (Å²) >= 11 is 0. The molecule has 1 saturated heterocycles. The van der Waals surface area contributed by atoms with Crippen LogP contribution in [0.3, 0.4) is 0 Å². The SMILES string of the molecule is B[C@@H]1OC(CO)[C@@H](O)[C@@]1(C)C#N. The van der Waals surface area contributed by atoms with Crippen molar-refractivity contribution in [3.05, 3.63) is 0 Å². The molecule has 0 amide bonds. The number of aliphatic hydroxyl groups excluding tert-OH is 2. The van der Waals surface area contributed by atoms with Crippen LogP contribution >= 0.6 is 0 Å². The normalized spacial score (nSPS) is 47.3. The molecule has 2 N–H and O–H groups in total. The van der Waals surface area contributed by atoms with Gasteiger partial charge in [0.05, 0.1) is 12.7 Å². The van der Waals surface area contributed by atoms with E-state index in [0.29, 0.717) is 0 Å². The van der Waals surface area contributed by atoms with Crippen molar-refractivity contribution < 1.29 is 14.9 Å². The Morgan fingerprint density at radius 1 is 1.75 bits per heavy atom. The van der Waals surface area contributed by atoms with Crippen LogP contribution in [0.15, 0.2) is 0 Å². The van der Waals surface area contributed by atoms with Crippen molar-refractivity contribution in [2.75, 3.05) is 6.61 Å². The van der Waals surface area contributed by atoms with Crippen molar-refractivity contribution >= 4 is 7.85 Å². The summed E-state index contributed by atoms with van der Waals surface area (Å²) in [6.07, 6.45) is -1.52. The fourth-order valence-corrected chi connectivity index (χ4v) is 1.40. The van der Waals surface area contributed by atoms with Gasteiger partial charge < -0.3 is 14.9 Å². The Morgan fingerprint density at radius 2 is 2.33 bits per heavy atom. The maximum atomic E-state index is 9.57. The molecule has 1 fully saturated rings. The first-order chi connectivity index (χ1) is 5.56. The Balaban J connectivity index is 2.85. The highest BCUT2D eigenvalue weighted by atomic mass is 16.5. The maximum Gasteiger partial charge on any atom is 0.141 e. The predicted octanol–water partition coefficient (Wildman–Crippen LogP) is -1.77. The molecule has 0 radical (unpaired) electrons. The summed E-state index contributed by atoms with van der Waals surface area (Å²) in [6, 6.07) is 1.68. The Kier molecular flexibility index (Phi) is 2.42. The Bertz CT molecular complexity index is 217. The van der Waals surface area contributed by atoms with E-state index in [1.165, 1.54) is 0 Å². The van der Waals surface area contributed by atoms with E-state index >= 15 is 0 Å². The molecule has 66 valence electrons. The summed E-state index contributed by atoms with van der Waals surface area (Å²) in [7, 11) is 1.72. The van der Waals surface area contributed by atoms with E-state index in [1.807, 2.05) is 6.07 Å². The van der Waals surface area contributed by atoms with Crippen molar-refractivity contribution in [1.82, 2.24) is 0 Å². The standard InChI is InChI=1S/C7H12BNO3/c1-7(3-9)5(11)4(2-10)12-6(7)8/h4-6,10-11H,2,8H2,1H3/t4?,5-,6-,7-/m1/s1. The second kappa shape index (κ2) is 3.06. The number of aliphatic hydroxyl groups is 2. The second-order valence-electron chi connectivity index (χ2n) is 3.34. The van der Waals surface area contributed by atoms with Crippen LogP contribution in [0, 0.1) is 16.7 Å². The molecule has 1 aliphatic rings. The van der Waals surface area contributed by atoms with Crippen LogP contribution in [0.4, 0.5) is 0 Å². The third-order valence-corrected chi connectivity index (χ3v) is 2.61. The predicted molar refractivity (Wildman–Crippen MR) is 44.0 cm³/mol. The molecule has 0 aromatic rings. The molecule has 0 aliphatic carbocycles. The van der Waals surface area contributed by atoms with Crippen molar-refractivity contribution in [3.8, 4) is 6.07 Å². The first-order valence-corrected chi connectivity index (χ1v) is 3.92. The molecule has 5 heteroatoms. The fourth-order valence-electron chi connectivity index (χ4n) is 1.40. The number of ether oxygens (including phenoxy) is 1. The molecule has 0 aromatic heterocycles. The number of nitrogens with zero attached hydrogens (tertiary/aromatic N) is 1. The average molecular weight is 169 g/mol. The minimum atomic E-state index is -0.900. The van der Waals surface area contributed by atoms with Crippen LogP contribution in [0.25, 0.3) is 0 Å². The molecular weight excluding hydrogens is 157 g/mol. The summed E-state index contributed by atoms with van der Waals surface area (Å²) in [5.41, 5.74) is -0.895. The highest BCUT2D eigenvalue weighted by molar-refractivity contribution is 6.12. The van der Waals surface area contributed by atoms with E-state index < -0.39 is 17.6 Å². The topological polar surface area (TPSA) is 73.5 Å². The zero-order valence-corrected chi connectivity index (χ0v) is 7.19. The van der Waals surface area contributed by atoms with Gasteiger partial charge in [-0.2, -0.15) is 5.26 Å². The highest BCUT2D eigenvalue weighted by Gasteiger charge is 2.50. The van der Waals surface area contributed by atoms with Crippen LogP contribution in [0.5, 0.6) is 0 Å². The molecule has 0 spiro atoms. The quantitative estimate of drug-likeness (QED) is 0.455. The molecular formula is C7H12BNO3. The van der Waals surface area contributed by atoms with Crippen LogP contribution in [0.1, 0.15) is 6.92 Å². The number of hydrogen-bond donors (Lipinski definition) is 2. The minimum absolute atomic E-state index is 0.247. The zero-order valence-electron chi connectivity index (χ0n) is 7.19. The van der Waals surface area contributed by atoms with Crippen LogP contribution in [-0.2, 0) is 4.74 Å². The van der Waals surface area contributed by atoms with Crippen molar-refractivity contribution in [2.45, 2.75) is 25.1 Å². The molecule has 0 aromatic carbocycles. The smallest absolute Gasteiger partial charge is 0.141 e. The van der Waals surface area contributed by atoms with Crippen LogP contribution in [-0.4, -0.2) is 42.9 Å². The van der Waals surface area contributed by atoms with Crippen LogP contribution in [0.2, 0.25) is 0 Å².